The summed E-state index contributed by atoms with van der Waals surface area (Å²) in [7, 11) is -8.60. The predicted octanol–water partition coefficient (Wildman–Crippen LogP) is 6.51. The molecule has 0 amide bonds. The van der Waals surface area contributed by atoms with Crippen LogP contribution in [0.25, 0.3) is 0 Å². The lowest BCUT2D eigenvalue weighted by atomic mass is 9.96. The van der Waals surface area contributed by atoms with Gasteiger partial charge in [-0.2, -0.15) is 16.8 Å². The largest absolute Gasteiger partial charge is 0.297 e. The average molecular weight is 551 g/mol. The number of rotatable bonds is 9. The number of aryl methyl sites for hydroxylation is 4. The molecule has 0 saturated heterocycles. The van der Waals surface area contributed by atoms with E-state index in [0.717, 1.165) is 22.3 Å². The molecule has 0 bridgehead atoms. The molecule has 8 heteroatoms. The third-order valence-corrected chi connectivity index (χ3v) is 8.72. The van der Waals surface area contributed by atoms with Crippen molar-refractivity contribution in [3.05, 3.63) is 130 Å². The highest BCUT2D eigenvalue weighted by Crippen LogP contribution is 2.40. The second-order valence-electron chi connectivity index (χ2n) is 9.40. The van der Waals surface area contributed by atoms with Crippen molar-refractivity contribution in [1.29, 1.82) is 0 Å². The van der Waals surface area contributed by atoms with Crippen LogP contribution in [-0.4, -0.2) is 16.8 Å². The van der Waals surface area contributed by atoms with Crippen molar-refractivity contribution >= 4 is 20.2 Å². The van der Waals surface area contributed by atoms with Gasteiger partial charge in [-0.25, -0.2) is 0 Å². The Labute approximate surface area is 225 Å². The highest BCUT2D eigenvalue weighted by molar-refractivity contribution is 7.87. The molecule has 0 aliphatic carbocycles. The third kappa shape index (κ3) is 6.57. The maximum atomic E-state index is 13.5. The molecule has 0 aliphatic heterocycles. The van der Waals surface area contributed by atoms with Gasteiger partial charge >= 0.3 is 0 Å². The van der Waals surface area contributed by atoms with E-state index >= 15 is 0 Å². The van der Waals surface area contributed by atoms with Gasteiger partial charge in [0.1, 0.15) is 12.2 Å². The zero-order valence-electron chi connectivity index (χ0n) is 21.7. The van der Waals surface area contributed by atoms with E-state index in [-0.39, 0.29) is 9.79 Å². The van der Waals surface area contributed by atoms with Crippen LogP contribution < -0.4 is 0 Å². The SMILES string of the molecule is Cc1ccc(S(=O)(=O)O[C@@H](c2cccc(C)c2)[C@@H](OS(=O)(=O)c2ccc(C)cc2)c2cccc(C)c2)cc1. The van der Waals surface area contributed by atoms with Crippen LogP contribution in [0.5, 0.6) is 0 Å². The lowest BCUT2D eigenvalue weighted by Gasteiger charge is -2.28. The molecule has 0 unspecified atom stereocenters. The monoisotopic (exact) mass is 550 g/mol. The summed E-state index contributed by atoms with van der Waals surface area (Å²) in [6.07, 6.45) is -2.61. The smallest absolute Gasteiger partial charge is 0.255 e. The van der Waals surface area contributed by atoms with Crippen LogP contribution >= 0.6 is 0 Å². The Morgan fingerprint density at radius 3 is 1.13 bits per heavy atom. The summed E-state index contributed by atoms with van der Waals surface area (Å²) >= 11 is 0. The first-order valence-corrected chi connectivity index (χ1v) is 14.9. The molecule has 198 valence electrons. The molecule has 0 N–H and O–H groups in total. The summed E-state index contributed by atoms with van der Waals surface area (Å²) in [5.74, 6) is 0. The van der Waals surface area contributed by atoms with Crippen LogP contribution in [0.3, 0.4) is 0 Å². The van der Waals surface area contributed by atoms with E-state index in [1.165, 1.54) is 24.3 Å². The Kier molecular flexibility index (Phi) is 8.18. The summed E-state index contributed by atoms with van der Waals surface area (Å²) < 4.78 is 65.5. The molecule has 0 aromatic heterocycles. The van der Waals surface area contributed by atoms with Crippen molar-refractivity contribution in [3.8, 4) is 0 Å². The summed E-state index contributed by atoms with van der Waals surface area (Å²) in [4.78, 5) is -0.0738. The second kappa shape index (κ2) is 11.2. The summed E-state index contributed by atoms with van der Waals surface area (Å²) in [6.45, 7) is 7.43. The molecule has 0 fully saturated rings. The molecule has 4 rings (SSSR count). The molecule has 38 heavy (non-hydrogen) atoms. The fourth-order valence-electron chi connectivity index (χ4n) is 4.05. The van der Waals surface area contributed by atoms with Crippen LogP contribution in [0.15, 0.2) is 107 Å². The van der Waals surface area contributed by atoms with Crippen molar-refractivity contribution in [3.63, 3.8) is 0 Å². The minimum absolute atomic E-state index is 0.0369. The van der Waals surface area contributed by atoms with Crippen LogP contribution in [0.1, 0.15) is 45.6 Å². The van der Waals surface area contributed by atoms with E-state index in [1.807, 2.05) is 39.8 Å². The van der Waals surface area contributed by atoms with Crippen molar-refractivity contribution in [1.82, 2.24) is 0 Å². The van der Waals surface area contributed by atoms with Crippen LogP contribution in [-0.2, 0) is 28.6 Å². The zero-order valence-corrected chi connectivity index (χ0v) is 23.3. The fourth-order valence-corrected chi connectivity index (χ4v) is 6.18. The van der Waals surface area contributed by atoms with Crippen LogP contribution in [0, 0.1) is 27.7 Å². The maximum absolute atomic E-state index is 13.5. The maximum Gasteiger partial charge on any atom is 0.297 e. The van der Waals surface area contributed by atoms with Gasteiger partial charge in [-0.1, -0.05) is 95.1 Å². The van der Waals surface area contributed by atoms with Gasteiger partial charge < -0.3 is 0 Å². The van der Waals surface area contributed by atoms with E-state index in [9.17, 15) is 16.8 Å². The Hall–Kier alpha value is -3.30. The zero-order chi connectivity index (χ0) is 27.5. The van der Waals surface area contributed by atoms with Gasteiger partial charge in [0.25, 0.3) is 20.2 Å². The number of hydrogen-bond donors (Lipinski definition) is 0. The van der Waals surface area contributed by atoms with E-state index < -0.39 is 32.4 Å². The average Bonchev–Trinajstić information content (AvgIpc) is 2.87. The van der Waals surface area contributed by atoms with Gasteiger partial charge in [-0.15, -0.1) is 0 Å². The van der Waals surface area contributed by atoms with E-state index in [1.54, 1.807) is 60.7 Å². The van der Waals surface area contributed by atoms with Gasteiger partial charge in [0.05, 0.1) is 9.79 Å². The quantitative estimate of drug-likeness (QED) is 0.221. The highest BCUT2D eigenvalue weighted by atomic mass is 32.2. The Balaban J connectivity index is 1.86. The van der Waals surface area contributed by atoms with Gasteiger partial charge in [0.15, 0.2) is 0 Å². The standard InChI is InChI=1S/C30H30O6S2/c1-21-11-15-27(16-12-21)37(31,32)35-29(25-9-5-7-23(3)19-25)30(26-10-6-8-24(4)20-26)36-38(33,34)28-17-13-22(2)14-18-28/h5-20,29-30H,1-4H3/t29-,30-/m0/s1. The minimum atomic E-state index is -4.30. The first kappa shape index (κ1) is 27.7. The van der Waals surface area contributed by atoms with Crippen LogP contribution in [0.4, 0.5) is 0 Å². The normalized spacial score (nSPS) is 13.7. The molecule has 0 aliphatic rings. The number of benzene rings is 4. The highest BCUT2D eigenvalue weighted by Gasteiger charge is 2.36. The first-order chi connectivity index (χ1) is 17.9. The summed E-state index contributed by atoms with van der Waals surface area (Å²) in [5, 5.41) is 0. The molecule has 6 nitrogen and oxygen atoms in total. The van der Waals surface area contributed by atoms with Gasteiger partial charge in [0, 0.05) is 0 Å². The van der Waals surface area contributed by atoms with Crippen LogP contribution in [0.2, 0.25) is 0 Å². The van der Waals surface area contributed by atoms with Crippen molar-refractivity contribution in [2.75, 3.05) is 0 Å². The summed E-state index contributed by atoms with van der Waals surface area (Å²) in [6, 6.07) is 26.7. The fraction of sp³-hybridized carbons (Fsp3) is 0.200. The van der Waals surface area contributed by atoms with E-state index in [2.05, 4.69) is 0 Å². The third-order valence-electron chi connectivity index (χ3n) is 6.10. The summed E-state index contributed by atoms with van der Waals surface area (Å²) in [5.41, 5.74) is 4.42. The lowest BCUT2D eigenvalue weighted by Crippen LogP contribution is -2.24. The molecule has 0 saturated carbocycles. The van der Waals surface area contributed by atoms with Crippen molar-refractivity contribution in [2.45, 2.75) is 49.7 Å². The molecular formula is C30H30O6S2. The van der Waals surface area contributed by atoms with Gasteiger partial charge in [-0.05, 0) is 63.1 Å². The Bertz CT molecular complexity index is 1500. The lowest BCUT2D eigenvalue weighted by molar-refractivity contribution is 0.0615. The Morgan fingerprint density at radius 1 is 0.474 bits per heavy atom. The molecule has 0 radical (unpaired) electrons. The van der Waals surface area contributed by atoms with Gasteiger partial charge in [-0.3, -0.25) is 8.37 Å². The first-order valence-electron chi connectivity index (χ1n) is 12.1. The molecule has 0 heterocycles. The topological polar surface area (TPSA) is 86.7 Å². The van der Waals surface area contributed by atoms with E-state index in [4.69, 9.17) is 8.37 Å². The molecule has 2 atom stereocenters. The molecule has 4 aromatic rings. The predicted molar refractivity (Wildman–Crippen MR) is 147 cm³/mol. The minimum Gasteiger partial charge on any atom is -0.255 e. The molecule has 0 spiro atoms. The van der Waals surface area contributed by atoms with Crippen molar-refractivity contribution in [2.24, 2.45) is 0 Å². The van der Waals surface area contributed by atoms with E-state index in [0.29, 0.717) is 11.1 Å². The second-order valence-corrected chi connectivity index (χ2v) is 12.5. The molecule has 4 aromatic carbocycles. The Morgan fingerprint density at radius 2 is 0.816 bits per heavy atom. The van der Waals surface area contributed by atoms with Crippen molar-refractivity contribution < 1.29 is 25.2 Å². The van der Waals surface area contributed by atoms with Gasteiger partial charge in [0.2, 0.25) is 0 Å². The molecular weight excluding hydrogens is 520 g/mol. The number of hydrogen-bond acceptors (Lipinski definition) is 6.